The van der Waals surface area contributed by atoms with Crippen molar-refractivity contribution in [2.45, 2.75) is 26.2 Å². The Labute approximate surface area is 61.1 Å². The van der Waals surface area contributed by atoms with Crippen LogP contribution in [0.1, 0.15) is 26.5 Å². The molecule has 0 atom stereocenters. The van der Waals surface area contributed by atoms with E-state index in [2.05, 4.69) is 31.1 Å². The zero-order valence-electron chi connectivity index (χ0n) is 6.92. The minimum atomic E-state index is 0.119. The summed E-state index contributed by atoms with van der Waals surface area (Å²) in [6.45, 7) is 6.37. The van der Waals surface area contributed by atoms with Gasteiger partial charge in [0.2, 0.25) is 0 Å². The van der Waals surface area contributed by atoms with Crippen molar-refractivity contribution in [3.05, 3.63) is 11.9 Å². The van der Waals surface area contributed by atoms with Crippen LogP contribution < -0.4 is 0 Å². The molecule has 3 heteroatoms. The average molecular weight is 139 g/mol. The number of aromatic nitrogens is 3. The third-order valence-corrected chi connectivity index (χ3v) is 1.37. The van der Waals surface area contributed by atoms with Crippen LogP contribution >= 0.6 is 0 Å². The lowest BCUT2D eigenvalue weighted by Crippen LogP contribution is -2.11. The summed E-state index contributed by atoms with van der Waals surface area (Å²) in [5.41, 5.74) is 1.16. The molecule has 1 heterocycles. The standard InChI is InChI=1S/C7H13N3/c1-7(2,3)6-5-10(4)9-8-6/h5H,1-4H3. The number of hydrogen-bond acceptors (Lipinski definition) is 2. The van der Waals surface area contributed by atoms with Gasteiger partial charge in [0, 0.05) is 18.7 Å². The maximum absolute atomic E-state index is 4.00. The molecule has 3 nitrogen and oxygen atoms in total. The van der Waals surface area contributed by atoms with Gasteiger partial charge in [-0.15, -0.1) is 5.10 Å². The van der Waals surface area contributed by atoms with Crippen molar-refractivity contribution in [2.24, 2.45) is 7.05 Å². The maximum Gasteiger partial charge on any atom is 0.0880 e. The number of nitrogens with zero attached hydrogens (tertiary/aromatic N) is 3. The second kappa shape index (κ2) is 2.08. The Morgan fingerprint density at radius 2 is 2.00 bits per heavy atom. The van der Waals surface area contributed by atoms with Crippen LogP contribution in [0.2, 0.25) is 0 Å². The summed E-state index contributed by atoms with van der Waals surface area (Å²) in [6, 6.07) is 0. The van der Waals surface area contributed by atoms with Crippen LogP contribution in [0.3, 0.4) is 0 Å². The summed E-state index contributed by atoms with van der Waals surface area (Å²) in [6.07, 6.45) is 1.94. The molecule has 0 unspecified atom stereocenters. The highest BCUT2D eigenvalue weighted by atomic mass is 15.4. The molecular weight excluding hydrogens is 126 g/mol. The molecule has 0 saturated carbocycles. The Kier molecular flexibility index (Phi) is 1.50. The van der Waals surface area contributed by atoms with E-state index in [0.717, 1.165) is 5.69 Å². The normalized spacial score (nSPS) is 12.0. The van der Waals surface area contributed by atoms with Gasteiger partial charge in [-0.3, -0.25) is 4.68 Å². The minimum absolute atomic E-state index is 0.119. The zero-order valence-corrected chi connectivity index (χ0v) is 6.92. The highest BCUT2D eigenvalue weighted by Gasteiger charge is 2.16. The van der Waals surface area contributed by atoms with Gasteiger partial charge in [-0.05, 0) is 0 Å². The Morgan fingerprint density at radius 3 is 2.20 bits per heavy atom. The highest BCUT2D eigenvalue weighted by Crippen LogP contribution is 2.17. The van der Waals surface area contributed by atoms with Crippen LogP contribution in [-0.2, 0) is 12.5 Å². The van der Waals surface area contributed by atoms with E-state index in [0.29, 0.717) is 0 Å². The smallest absolute Gasteiger partial charge is 0.0880 e. The Morgan fingerprint density at radius 1 is 1.40 bits per heavy atom. The summed E-state index contributed by atoms with van der Waals surface area (Å²) in [7, 11) is 1.88. The SMILES string of the molecule is Cn1cc(C(C)(C)C)nn1. The average Bonchev–Trinajstić information content (AvgIpc) is 2.11. The van der Waals surface area contributed by atoms with Gasteiger partial charge < -0.3 is 0 Å². The van der Waals surface area contributed by atoms with Crippen LogP contribution in [-0.4, -0.2) is 15.0 Å². The van der Waals surface area contributed by atoms with Crippen molar-refractivity contribution < 1.29 is 0 Å². The van der Waals surface area contributed by atoms with E-state index < -0.39 is 0 Å². The van der Waals surface area contributed by atoms with E-state index in [4.69, 9.17) is 0 Å². The summed E-state index contributed by atoms with van der Waals surface area (Å²) in [5, 5.41) is 7.85. The minimum Gasteiger partial charge on any atom is -0.255 e. The zero-order chi connectivity index (χ0) is 7.78. The predicted octanol–water partition coefficient (Wildman–Crippen LogP) is 1.11. The number of aryl methyl sites for hydroxylation is 1. The summed E-state index contributed by atoms with van der Waals surface area (Å²) in [4.78, 5) is 0. The quantitative estimate of drug-likeness (QED) is 0.539. The second-order valence-corrected chi connectivity index (χ2v) is 3.53. The van der Waals surface area contributed by atoms with Crippen LogP contribution in [0, 0.1) is 0 Å². The maximum atomic E-state index is 4.00. The fourth-order valence-corrected chi connectivity index (χ4v) is 0.691. The molecule has 10 heavy (non-hydrogen) atoms. The van der Waals surface area contributed by atoms with E-state index in [1.807, 2.05) is 13.2 Å². The van der Waals surface area contributed by atoms with E-state index >= 15 is 0 Å². The van der Waals surface area contributed by atoms with Gasteiger partial charge in [-0.25, -0.2) is 0 Å². The molecule has 0 aliphatic carbocycles. The molecule has 0 fully saturated rings. The van der Waals surface area contributed by atoms with Crippen LogP contribution in [0.4, 0.5) is 0 Å². The molecule has 0 aliphatic rings. The fraction of sp³-hybridized carbons (Fsp3) is 0.714. The first-order valence-corrected chi connectivity index (χ1v) is 3.37. The molecule has 0 saturated heterocycles. The van der Waals surface area contributed by atoms with Crippen LogP contribution in [0.25, 0.3) is 0 Å². The third kappa shape index (κ3) is 1.35. The number of rotatable bonds is 0. The van der Waals surface area contributed by atoms with Crippen molar-refractivity contribution in [3.8, 4) is 0 Å². The number of hydrogen-bond donors (Lipinski definition) is 0. The van der Waals surface area contributed by atoms with Crippen molar-refractivity contribution in [3.63, 3.8) is 0 Å². The topological polar surface area (TPSA) is 30.7 Å². The van der Waals surface area contributed by atoms with Crippen LogP contribution in [0.15, 0.2) is 6.20 Å². The molecule has 0 aromatic carbocycles. The first-order valence-electron chi connectivity index (χ1n) is 3.37. The predicted molar refractivity (Wildman–Crippen MR) is 39.7 cm³/mol. The Hall–Kier alpha value is -0.860. The molecule has 56 valence electrons. The van der Waals surface area contributed by atoms with Gasteiger partial charge in [0.25, 0.3) is 0 Å². The van der Waals surface area contributed by atoms with E-state index in [-0.39, 0.29) is 5.41 Å². The molecule has 0 radical (unpaired) electrons. The molecule has 1 rings (SSSR count). The van der Waals surface area contributed by atoms with Crippen molar-refractivity contribution in [1.29, 1.82) is 0 Å². The first kappa shape index (κ1) is 7.25. The molecule has 1 aromatic rings. The molecule has 0 N–H and O–H groups in total. The van der Waals surface area contributed by atoms with Gasteiger partial charge in [-0.1, -0.05) is 26.0 Å². The fourth-order valence-electron chi connectivity index (χ4n) is 0.691. The lowest BCUT2D eigenvalue weighted by Gasteiger charge is -2.12. The summed E-state index contributed by atoms with van der Waals surface area (Å²) in [5.74, 6) is 0. The van der Waals surface area contributed by atoms with Gasteiger partial charge >= 0.3 is 0 Å². The first-order chi connectivity index (χ1) is 4.50. The third-order valence-electron chi connectivity index (χ3n) is 1.37. The van der Waals surface area contributed by atoms with E-state index in [1.54, 1.807) is 4.68 Å². The second-order valence-electron chi connectivity index (χ2n) is 3.53. The van der Waals surface area contributed by atoms with E-state index in [9.17, 15) is 0 Å². The molecule has 0 bridgehead atoms. The van der Waals surface area contributed by atoms with Crippen LogP contribution in [0.5, 0.6) is 0 Å². The van der Waals surface area contributed by atoms with Gasteiger partial charge in [-0.2, -0.15) is 0 Å². The lowest BCUT2D eigenvalue weighted by atomic mass is 9.93. The lowest BCUT2D eigenvalue weighted by molar-refractivity contribution is 0.566. The van der Waals surface area contributed by atoms with Gasteiger partial charge in [0.1, 0.15) is 0 Å². The molecular formula is C7H13N3. The largest absolute Gasteiger partial charge is 0.255 e. The molecule has 0 amide bonds. The van der Waals surface area contributed by atoms with Gasteiger partial charge in [0.15, 0.2) is 0 Å². The molecule has 0 aliphatic heterocycles. The highest BCUT2D eigenvalue weighted by molar-refractivity contribution is 5.05. The Balaban J connectivity index is 2.96. The van der Waals surface area contributed by atoms with Crippen molar-refractivity contribution >= 4 is 0 Å². The Bertz CT molecular complexity index is 219. The van der Waals surface area contributed by atoms with Gasteiger partial charge in [0.05, 0.1) is 5.69 Å². The molecule has 0 spiro atoms. The summed E-state index contributed by atoms with van der Waals surface area (Å²) < 4.78 is 1.72. The van der Waals surface area contributed by atoms with E-state index in [1.165, 1.54) is 0 Å². The molecule has 1 aromatic heterocycles. The monoisotopic (exact) mass is 139 g/mol. The summed E-state index contributed by atoms with van der Waals surface area (Å²) >= 11 is 0. The van der Waals surface area contributed by atoms with Crippen molar-refractivity contribution in [1.82, 2.24) is 15.0 Å². The van der Waals surface area contributed by atoms with Crippen molar-refractivity contribution in [2.75, 3.05) is 0 Å².